The van der Waals surface area contributed by atoms with Gasteiger partial charge in [0.1, 0.15) is 60.1 Å². The molecule has 21 nitrogen and oxygen atoms in total. The number of amides is 10. The summed E-state index contributed by atoms with van der Waals surface area (Å²) in [6.45, 7) is 15.0. The smallest absolute Gasteiger partial charge is 0.272 e. The third-order valence-corrected chi connectivity index (χ3v) is 15.5. The van der Waals surface area contributed by atoms with Gasteiger partial charge in [-0.15, -0.1) is 0 Å². The second-order valence-corrected chi connectivity index (χ2v) is 22.7. The Kier molecular flexibility index (Phi) is 21.6. The van der Waals surface area contributed by atoms with Gasteiger partial charge >= 0.3 is 0 Å². The van der Waals surface area contributed by atoms with Crippen LogP contribution in [0.1, 0.15) is 118 Å². The van der Waals surface area contributed by atoms with Gasteiger partial charge in [-0.05, 0) is 79.7 Å². The minimum atomic E-state index is -1.18. The van der Waals surface area contributed by atoms with E-state index in [9.17, 15) is 43.2 Å². The van der Waals surface area contributed by atoms with E-state index in [1.807, 2.05) is 57.2 Å². The van der Waals surface area contributed by atoms with Gasteiger partial charge in [0.15, 0.2) is 0 Å². The second kappa shape index (κ2) is 28.0. The van der Waals surface area contributed by atoms with Gasteiger partial charge in [-0.3, -0.25) is 47.9 Å². The molecule has 6 rings (SSSR count). The van der Waals surface area contributed by atoms with E-state index < -0.39 is 125 Å². The van der Waals surface area contributed by atoms with Crippen molar-refractivity contribution in [3.8, 4) is 0 Å². The molecule has 3 saturated heterocycles. The monoisotopic (exact) mass is 1090 g/mol. The molecule has 2 aromatic carbocycles. The zero-order chi connectivity index (χ0) is 57.7. The first kappa shape index (κ1) is 60.9. The van der Waals surface area contributed by atoms with Crippen molar-refractivity contribution >= 4 is 59.1 Å². The fraction of sp³-hybridized carbons (Fsp3) is 0.586. The number of benzene rings is 2. The highest BCUT2D eigenvalue weighted by molar-refractivity contribution is 6.03. The lowest BCUT2D eigenvalue weighted by molar-refractivity contribution is -0.143. The minimum Gasteiger partial charge on any atom is -0.378 e. The number of hydrogen-bond acceptors (Lipinski definition) is 11. The predicted octanol–water partition coefficient (Wildman–Crippen LogP) is 1.69. The van der Waals surface area contributed by atoms with Gasteiger partial charge in [-0.1, -0.05) is 122 Å². The van der Waals surface area contributed by atoms with Gasteiger partial charge in [0.25, 0.3) is 5.91 Å². The lowest BCUT2D eigenvalue weighted by Gasteiger charge is -2.33. The molecule has 4 aliphatic rings. The lowest BCUT2D eigenvalue weighted by atomic mass is 9.97. The molecule has 10 atom stereocenters. The quantitative estimate of drug-likeness (QED) is 0.106. The summed E-state index contributed by atoms with van der Waals surface area (Å²) < 4.78 is 0. The maximum absolute atomic E-state index is 15.1. The third kappa shape index (κ3) is 15.7. The Balaban J connectivity index is 1.31. The Morgan fingerprint density at radius 1 is 0.646 bits per heavy atom. The van der Waals surface area contributed by atoms with E-state index in [2.05, 4.69) is 37.2 Å². The number of hydrogen-bond donors (Lipinski definition) is 8. The first-order chi connectivity index (χ1) is 37.6. The molecule has 0 spiro atoms. The Morgan fingerprint density at radius 3 is 1.80 bits per heavy atom. The van der Waals surface area contributed by atoms with Gasteiger partial charge in [0.05, 0.1) is 0 Å². The van der Waals surface area contributed by atoms with Crippen molar-refractivity contribution < 1.29 is 47.9 Å². The summed E-state index contributed by atoms with van der Waals surface area (Å²) >= 11 is 0. The summed E-state index contributed by atoms with van der Waals surface area (Å²) in [5, 5.41) is 20.1. The molecule has 3 fully saturated rings. The lowest BCUT2D eigenvalue weighted by Crippen LogP contribution is -2.60. The molecule has 2 aromatic rings. The van der Waals surface area contributed by atoms with Crippen molar-refractivity contribution in [2.45, 2.75) is 174 Å². The van der Waals surface area contributed by atoms with Crippen LogP contribution in [-0.4, -0.2) is 148 Å². The highest BCUT2D eigenvalue weighted by Gasteiger charge is 2.44. The Bertz CT molecular complexity index is 2560. The van der Waals surface area contributed by atoms with Crippen LogP contribution >= 0.6 is 0 Å². The van der Waals surface area contributed by atoms with Crippen LogP contribution in [0, 0.1) is 23.7 Å². The van der Waals surface area contributed by atoms with Crippen molar-refractivity contribution in [3.63, 3.8) is 0 Å². The van der Waals surface area contributed by atoms with E-state index >= 15 is 4.79 Å². The largest absolute Gasteiger partial charge is 0.378 e. The first-order valence-electron chi connectivity index (χ1n) is 28.2. The Hall–Kier alpha value is -7.32. The van der Waals surface area contributed by atoms with E-state index in [1.54, 1.807) is 58.9 Å². The molecule has 21 heteroatoms. The molecule has 79 heavy (non-hydrogen) atoms. The van der Waals surface area contributed by atoms with Crippen molar-refractivity contribution in [2.75, 3.05) is 19.6 Å². The number of likely N-dealkylation sites (tertiary alicyclic amines) is 1. The highest BCUT2D eigenvalue weighted by atomic mass is 16.2. The number of primary amides is 1. The standard InChI is InChI=1S/C58H83N11O10/c1-9-36(8)48(49(59)70)66-51(72)40(30-37-19-12-10-13-20-37)61-50(71)39(29-33(2)3)62-52(73)43-23-17-27-68(43)57(78)42-32-60-47(35(6)7)58(79)69-28-18-25-45(69)54(75)65-46(34(4)5)55(76)63-41(31-38-21-14-11-15-22-38)56(77)67-26-16-24-44(67)53(74)64-42/h10-15,19-22,32-36,39-41,43-48,60H,9,16-18,23-31H2,1-8H3,(H2,59,70)(H,61,71)(H,62,73)(H,63,76)(H,64,74)(H,65,75)(H,66,72). The number of nitrogens with one attached hydrogen (secondary N) is 7. The molecule has 10 unspecified atom stereocenters. The summed E-state index contributed by atoms with van der Waals surface area (Å²) in [4.78, 5) is 147. The fourth-order valence-electron chi connectivity index (χ4n) is 10.9. The van der Waals surface area contributed by atoms with Gasteiger partial charge in [-0.25, -0.2) is 0 Å². The van der Waals surface area contributed by atoms with Gasteiger partial charge in [0, 0.05) is 38.7 Å². The molecule has 0 bridgehead atoms. The van der Waals surface area contributed by atoms with Crippen molar-refractivity contribution in [3.05, 3.63) is 83.7 Å². The number of carbonyl (C=O) groups is 10. The average Bonchev–Trinajstić information content (AvgIpc) is 4.25. The van der Waals surface area contributed by atoms with Crippen LogP contribution in [0.25, 0.3) is 0 Å². The molecule has 0 aromatic heterocycles. The van der Waals surface area contributed by atoms with Crippen LogP contribution in [0.5, 0.6) is 0 Å². The summed E-state index contributed by atoms with van der Waals surface area (Å²) in [5.74, 6) is -7.51. The topological polar surface area (TPSA) is 291 Å². The number of fused-ring (bicyclic) bond motifs is 2. The van der Waals surface area contributed by atoms with Crippen molar-refractivity contribution in [1.29, 1.82) is 0 Å². The molecule has 0 aliphatic carbocycles. The molecule has 4 heterocycles. The van der Waals surface area contributed by atoms with E-state index in [-0.39, 0.29) is 69.3 Å². The summed E-state index contributed by atoms with van der Waals surface area (Å²) in [6, 6.07) is 8.32. The zero-order valence-corrected chi connectivity index (χ0v) is 47.1. The molecule has 10 amide bonds. The van der Waals surface area contributed by atoms with Gasteiger partial charge in [-0.2, -0.15) is 0 Å². The SMILES string of the molecule is CCC(C)C(NC(=O)C(Cc1ccccc1)NC(=O)C(CC(C)C)NC(=O)C1CCCN1C(=O)C1=CNC(C(C)C)C(=O)N2CCCC2C(=O)NC(C(C)C)C(=O)NC(Cc2ccccc2)C(=O)N2CCCC2C(=O)N1)C(N)=O. The molecular formula is C58H83N11O10. The van der Waals surface area contributed by atoms with Crippen LogP contribution < -0.4 is 43.0 Å². The number of carbonyl (C=O) groups excluding carboxylic acids is 10. The minimum absolute atomic E-state index is 0.0556. The van der Waals surface area contributed by atoms with Gasteiger partial charge in [0.2, 0.25) is 53.2 Å². The van der Waals surface area contributed by atoms with Crippen LogP contribution in [0.3, 0.4) is 0 Å². The summed E-state index contributed by atoms with van der Waals surface area (Å²) in [5.41, 5.74) is 6.85. The second-order valence-electron chi connectivity index (χ2n) is 22.7. The van der Waals surface area contributed by atoms with Crippen LogP contribution in [0.4, 0.5) is 0 Å². The summed E-state index contributed by atoms with van der Waals surface area (Å²) in [7, 11) is 0. The first-order valence-corrected chi connectivity index (χ1v) is 28.2. The van der Waals surface area contributed by atoms with Crippen LogP contribution in [0.15, 0.2) is 72.6 Å². The predicted molar refractivity (Wildman–Crippen MR) is 295 cm³/mol. The fourth-order valence-corrected chi connectivity index (χ4v) is 10.9. The summed E-state index contributed by atoms with van der Waals surface area (Å²) in [6.07, 6.45) is 4.11. The molecule has 0 saturated carbocycles. The zero-order valence-electron chi connectivity index (χ0n) is 47.1. The normalized spacial score (nSPS) is 23.9. The third-order valence-electron chi connectivity index (χ3n) is 15.5. The van der Waals surface area contributed by atoms with E-state index in [0.717, 1.165) is 11.1 Å². The Morgan fingerprint density at radius 2 is 1.22 bits per heavy atom. The van der Waals surface area contributed by atoms with Crippen molar-refractivity contribution in [1.82, 2.24) is 51.9 Å². The van der Waals surface area contributed by atoms with Gasteiger partial charge < -0.3 is 57.7 Å². The number of nitrogens with zero attached hydrogens (tertiary/aromatic N) is 3. The Labute approximate surface area is 464 Å². The number of rotatable bonds is 18. The van der Waals surface area contributed by atoms with Crippen LogP contribution in [0.2, 0.25) is 0 Å². The number of nitrogens with two attached hydrogens (primary N) is 1. The molecule has 4 aliphatic heterocycles. The molecular weight excluding hydrogens is 1010 g/mol. The van der Waals surface area contributed by atoms with E-state index in [1.165, 1.54) is 20.9 Å². The van der Waals surface area contributed by atoms with Crippen molar-refractivity contribution in [2.24, 2.45) is 29.4 Å². The molecule has 0 radical (unpaired) electrons. The maximum Gasteiger partial charge on any atom is 0.272 e. The average molecular weight is 1090 g/mol. The molecule has 9 N–H and O–H groups in total. The van der Waals surface area contributed by atoms with E-state index in [4.69, 9.17) is 5.73 Å². The van der Waals surface area contributed by atoms with Crippen LogP contribution in [-0.2, 0) is 60.8 Å². The van der Waals surface area contributed by atoms with E-state index in [0.29, 0.717) is 32.1 Å². The highest BCUT2D eigenvalue weighted by Crippen LogP contribution is 2.26. The maximum atomic E-state index is 15.1. The molecule has 430 valence electrons.